The first-order valence-corrected chi connectivity index (χ1v) is 4.59. The fourth-order valence-corrected chi connectivity index (χ4v) is 2.02. The molecule has 1 aliphatic heterocycles. The second-order valence-corrected chi connectivity index (χ2v) is 4.48. The zero-order valence-electron chi connectivity index (χ0n) is 7.61. The molecule has 1 heterocycles. The number of alkyl halides is 2. The maximum absolute atomic E-state index is 13.4. The normalized spacial score (nSPS) is 31.8. The van der Waals surface area contributed by atoms with E-state index in [0.717, 1.165) is 12.8 Å². The number of nitrogens with zero attached hydrogens (tertiary/aromatic N) is 1. The van der Waals surface area contributed by atoms with Crippen molar-refractivity contribution >= 4 is 0 Å². The summed E-state index contributed by atoms with van der Waals surface area (Å²) in [5.41, 5.74) is -0.614. The van der Waals surface area contributed by atoms with Crippen LogP contribution in [-0.2, 0) is 0 Å². The minimum absolute atomic E-state index is 0.0231. The van der Waals surface area contributed by atoms with Crippen molar-refractivity contribution in [3.8, 4) is 0 Å². The Morgan fingerprint density at radius 1 is 1.17 bits per heavy atom. The number of rotatable bonds is 1. The molecule has 0 N–H and O–H groups in total. The largest absolute Gasteiger partial charge is 0.294 e. The molecule has 1 nitrogen and oxygen atoms in total. The van der Waals surface area contributed by atoms with Gasteiger partial charge in [-0.15, -0.1) is 0 Å². The van der Waals surface area contributed by atoms with E-state index in [0.29, 0.717) is 6.54 Å². The van der Waals surface area contributed by atoms with Gasteiger partial charge in [-0.1, -0.05) is 0 Å². The lowest BCUT2D eigenvalue weighted by molar-refractivity contribution is -0.0394. The van der Waals surface area contributed by atoms with Gasteiger partial charge in [0.2, 0.25) is 0 Å². The molecule has 0 aromatic carbocycles. The predicted octanol–water partition coefficient (Wildman–Crippen LogP) is 2.13. The number of hydrogen-bond acceptors (Lipinski definition) is 1. The average Bonchev–Trinajstić information content (AvgIpc) is 2.61. The van der Waals surface area contributed by atoms with E-state index < -0.39 is 11.3 Å². The van der Waals surface area contributed by atoms with Crippen molar-refractivity contribution in [2.75, 3.05) is 13.1 Å². The summed E-state index contributed by atoms with van der Waals surface area (Å²) in [6.07, 6.45) is 1.45. The Balaban J connectivity index is 2.12. The Morgan fingerprint density at radius 2 is 1.75 bits per heavy atom. The van der Waals surface area contributed by atoms with Crippen LogP contribution in [0.15, 0.2) is 0 Å². The summed E-state index contributed by atoms with van der Waals surface area (Å²) in [5, 5.41) is 0. The van der Waals surface area contributed by atoms with Crippen LogP contribution in [0.2, 0.25) is 0 Å². The van der Waals surface area contributed by atoms with E-state index in [2.05, 4.69) is 0 Å². The van der Waals surface area contributed by atoms with Crippen LogP contribution in [0.5, 0.6) is 0 Å². The molecule has 2 fully saturated rings. The summed E-state index contributed by atoms with van der Waals surface area (Å²) in [5.74, 6) is -2.42. The van der Waals surface area contributed by atoms with E-state index >= 15 is 0 Å². The molecule has 0 bridgehead atoms. The summed E-state index contributed by atoms with van der Waals surface area (Å²) in [4.78, 5) is 1.90. The maximum Gasteiger partial charge on any atom is 0.267 e. The van der Waals surface area contributed by atoms with Crippen molar-refractivity contribution in [3.05, 3.63) is 0 Å². The number of halogens is 2. The molecule has 0 aromatic heterocycles. The standard InChI is InChI=1S/C9H15F2N/c1-7(2)12-5-8(3-4-8)9(10,11)6-12/h7H,3-6H2,1-2H3. The Kier molecular flexibility index (Phi) is 1.54. The van der Waals surface area contributed by atoms with E-state index in [1.165, 1.54) is 0 Å². The van der Waals surface area contributed by atoms with Crippen LogP contribution in [0, 0.1) is 5.41 Å². The van der Waals surface area contributed by atoms with E-state index in [9.17, 15) is 8.78 Å². The van der Waals surface area contributed by atoms with Crippen LogP contribution in [0.3, 0.4) is 0 Å². The quantitative estimate of drug-likeness (QED) is 0.590. The molecule has 0 aromatic rings. The molecular formula is C9H15F2N. The molecule has 3 heteroatoms. The molecule has 0 amide bonds. The lowest BCUT2D eigenvalue weighted by Gasteiger charge is -2.19. The van der Waals surface area contributed by atoms with E-state index in [1.54, 1.807) is 0 Å². The van der Waals surface area contributed by atoms with Crippen molar-refractivity contribution in [2.45, 2.75) is 38.7 Å². The molecule has 0 unspecified atom stereocenters. The van der Waals surface area contributed by atoms with Crippen molar-refractivity contribution < 1.29 is 8.78 Å². The molecule has 1 aliphatic carbocycles. The molecule has 1 saturated carbocycles. The second kappa shape index (κ2) is 2.19. The van der Waals surface area contributed by atoms with Gasteiger partial charge in [-0.25, -0.2) is 8.78 Å². The molecular weight excluding hydrogens is 160 g/mol. The third kappa shape index (κ3) is 0.987. The van der Waals surface area contributed by atoms with Gasteiger partial charge in [-0.05, 0) is 26.7 Å². The minimum atomic E-state index is -2.42. The fraction of sp³-hybridized carbons (Fsp3) is 1.00. The van der Waals surface area contributed by atoms with Crippen molar-refractivity contribution in [3.63, 3.8) is 0 Å². The third-order valence-corrected chi connectivity index (χ3v) is 3.27. The molecule has 2 rings (SSSR count). The van der Waals surface area contributed by atoms with Gasteiger partial charge in [0, 0.05) is 18.0 Å². The Hall–Kier alpha value is -0.180. The lowest BCUT2D eigenvalue weighted by Crippen LogP contribution is -2.31. The van der Waals surface area contributed by atoms with Crippen molar-refractivity contribution in [1.29, 1.82) is 0 Å². The van der Waals surface area contributed by atoms with Gasteiger partial charge in [0.15, 0.2) is 0 Å². The minimum Gasteiger partial charge on any atom is -0.294 e. The lowest BCUT2D eigenvalue weighted by atomic mass is 10.0. The first kappa shape index (κ1) is 8.42. The SMILES string of the molecule is CC(C)N1CC(F)(F)C2(CC2)C1. The first-order valence-electron chi connectivity index (χ1n) is 4.59. The summed E-state index contributed by atoms with van der Waals surface area (Å²) in [6.45, 7) is 4.55. The first-order chi connectivity index (χ1) is 5.47. The van der Waals surface area contributed by atoms with Crippen LogP contribution < -0.4 is 0 Å². The fourth-order valence-electron chi connectivity index (χ4n) is 2.02. The van der Waals surface area contributed by atoms with E-state index in [1.807, 2.05) is 18.7 Å². The van der Waals surface area contributed by atoms with Gasteiger partial charge in [0.25, 0.3) is 5.92 Å². The monoisotopic (exact) mass is 175 g/mol. The van der Waals surface area contributed by atoms with Crippen LogP contribution in [-0.4, -0.2) is 30.0 Å². The number of likely N-dealkylation sites (tertiary alicyclic amines) is 1. The Labute approximate surface area is 71.7 Å². The zero-order chi connectivity index (χ0) is 8.98. The molecule has 2 aliphatic rings. The molecule has 0 atom stereocenters. The van der Waals surface area contributed by atoms with Crippen molar-refractivity contribution in [2.24, 2.45) is 5.41 Å². The highest BCUT2D eigenvalue weighted by Gasteiger charge is 2.66. The van der Waals surface area contributed by atoms with Gasteiger partial charge in [-0.2, -0.15) is 0 Å². The van der Waals surface area contributed by atoms with Crippen LogP contribution in [0.4, 0.5) is 8.78 Å². The molecule has 70 valence electrons. The summed E-state index contributed by atoms with van der Waals surface area (Å²) >= 11 is 0. The molecule has 0 radical (unpaired) electrons. The Morgan fingerprint density at radius 3 is 2.00 bits per heavy atom. The van der Waals surface area contributed by atoms with Gasteiger partial charge in [-0.3, -0.25) is 4.90 Å². The van der Waals surface area contributed by atoms with Crippen LogP contribution in [0.1, 0.15) is 26.7 Å². The average molecular weight is 175 g/mol. The summed E-state index contributed by atoms with van der Waals surface area (Å²) < 4.78 is 26.7. The maximum atomic E-state index is 13.4. The van der Waals surface area contributed by atoms with Crippen LogP contribution in [0.25, 0.3) is 0 Å². The van der Waals surface area contributed by atoms with Gasteiger partial charge >= 0.3 is 0 Å². The molecule has 1 spiro atoms. The highest BCUT2D eigenvalue weighted by Crippen LogP contribution is 2.60. The second-order valence-electron chi connectivity index (χ2n) is 4.48. The van der Waals surface area contributed by atoms with Gasteiger partial charge in [0.1, 0.15) is 0 Å². The summed E-state index contributed by atoms with van der Waals surface area (Å²) in [6, 6.07) is 0.260. The zero-order valence-corrected chi connectivity index (χ0v) is 7.61. The highest BCUT2D eigenvalue weighted by atomic mass is 19.3. The van der Waals surface area contributed by atoms with E-state index in [-0.39, 0.29) is 12.6 Å². The third-order valence-electron chi connectivity index (χ3n) is 3.27. The molecule has 1 saturated heterocycles. The summed E-state index contributed by atoms with van der Waals surface area (Å²) in [7, 11) is 0. The molecule has 12 heavy (non-hydrogen) atoms. The van der Waals surface area contributed by atoms with E-state index in [4.69, 9.17) is 0 Å². The topological polar surface area (TPSA) is 3.24 Å². The van der Waals surface area contributed by atoms with Gasteiger partial charge in [0.05, 0.1) is 6.54 Å². The predicted molar refractivity (Wildman–Crippen MR) is 43.3 cm³/mol. The number of hydrogen-bond donors (Lipinski definition) is 0. The van der Waals surface area contributed by atoms with Crippen molar-refractivity contribution in [1.82, 2.24) is 4.90 Å². The Bertz CT molecular complexity index is 191. The smallest absolute Gasteiger partial charge is 0.267 e. The van der Waals surface area contributed by atoms with Gasteiger partial charge < -0.3 is 0 Å². The van der Waals surface area contributed by atoms with Crippen LogP contribution >= 0.6 is 0 Å². The highest BCUT2D eigenvalue weighted by molar-refractivity contribution is 5.11.